The summed E-state index contributed by atoms with van der Waals surface area (Å²) in [6.45, 7) is 12.4. The molecule has 0 bridgehead atoms. The van der Waals surface area contributed by atoms with Crippen LogP contribution in [-0.2, 0) is 0 Å². The Kier molecular flexibility index (Phi) is 9.64. The zero-order valence-electron chi connectivity index (χ0n) is 9.53. The quantitative estimate of drug-likeness (QED) is 0.699. The van der Waals surface area contributed by atoms with Crippen LogP contribution >= 0.6 is 0 Å². The highest BCUT2D eigenvalue weighted by atomic mass is 16.0. The number of rotatable bonds is 2. The molecule has 0 radical (unpaired) electrons. The van der Waals surface area contributed by atoms with Gasteiger partial charge in [-0.25, -0.2) is 0 Å². The molecule has 0 spiro atoms. The monoisotopic (exact) mass is 215 g/mol. The average molecular weight is 215 g/mol. The van der Waals surface area contributed by atoms with E-state index in [9.17, 15) is 0 Å². The van der Waals surface area contributed by atoms with Crippen LogP contribution in [0.15, 0.2) is 49.6 Å². The predicted octanol–water partition coefficient (Wildman–Crippen LogP) is 3.23. The molecule has 1 rings (SSSR count). The smallest absolute Gasteiger partial charge is 0.0937 e. The van der Waals surface area contributed by atoms with E-state index in [1.807, 2.05) is 42.5 Å². The molecule has 0 aliphatic rings. The molecule has 0 aliphatic heterocycles. The summed E-state index contributed by atoms with van der Waals surface area (Å²) in [6, 6.07) is 9.85. The summed E-state index contributed by atoms with van der Waals surface area (Å²) in [5.41, 5.74) is 2.83. The van der Waals surface area contributed by atoms with Gasteiger partial charge < -0.3 is 5.48 Å². The Morgan fingerprint density at radius 3 is 1.69 bits per heavy atom. The van der Waals surface area contributed by atoms with Crippen LogP contribution in [0.5, 0.6) is 0 Å². The fourth-order valence-corrected chi connectivity index (χ4v) is 0.883. The molecule has 0 heterocycles. The van der Waals surface area contributed by atoms with E-state index in [1.54, 1.807) is 6.92 Å². The van der Waals surface area contributed by atoms with E-state index in [0.29, 0.717) is 5.57 Å². The van der Waals surface area contributed by atoms with Crippen molar-refractivity contribution in [2.45, 2.75) is 6.92 Å². The summed E-state index contributed by atoms with van der Waals surface area (Å²) in [5.74, 6) is 0. The number of nitriles is 1. The maximum Gasteiger partial charge on any atom is 0.0937 e. The number of hydrogen-bond acceptors (Lipinski definition) is 1. The van der Waals surface area contributed by atoms with Gasteiger partial charge in [0.15, 0.2) is 0 Å². The minimum absolute atomic E-state index is 0. The predicted molar refractivity (Wildman–Crippen MR) is 70.7 cm³/mol. The first-order valence-corrected chi connectivity index (χ1v) is 4.55. The summed E-state index contributed by atoms with van der Waals surface area (Å²) in [5, 5.41) is 7.79. The molecule has 0 aromatic heterocycles. The third-order valence-electron chi connectivity index (χ3n) is 1.63. The van der Waals surface area contributed by atoms with Crippen LogP contribution in [0, 0.1) is 11.3 Å². The van der Waals surface area contributed by atoms with Gasteiger partial charge in [0.1, 0.15) is 0 Å². The second-order valence-corrected chi connectivity index (χ2v) is 2.93. The molecular formula is C14H17NO. The van der Waals surface area contributed by atoms with Crippen LogP contribution in [0.4, 0.5) is 0 Å². The maximum absolute atomic E-state index is 7.79. The molecule has 84 valence electrons. The zero-order chi connectivity index (χ0) is 11.7. The van der Waals surface area contributed by atoms with Crippen LogP contribution in [-0.4, -0.2) is 5.48 Å². The van der Waals surface area contributed by atoms with Gasteiger partial charge in [0, 0.05) is 5.57 Å². The topological polar surface area (TPSA) is 55.3 Å². The molecule has 16 heavy (non-hydrogen) atoms. The summed E-state index contributed by atoms with van der Waals surface area (Å²) in [4.78, 5) is 0. The van der Waals surface area contributed by atoms with E-state index >= 15 is 0 Å². The van der Waals surface area contributed by atoms with E-state index in [2.05, 4.69) is 19.7 Å². The molecule has 2 nitrogen and oxygen atoms in total. The Balaban J connectivity index is 0. The summed E-state index contributed by atoms with van der Waals surface area (Å²) in [7, 11) is 0. The van der Waals surface area contributed by atoms with E-state index in [-0.39, 0.29) is 5.48 Å². The lowest BCUT2D eigenvalue weighted by Gasteiger charge is -1.96. The van der Waals surface area contributed by atoms with Gasteiger partial charge in [0.05, 0.1) is 6.07 Å². The molecule has 0 saturated carbocycles. The van der Waals surface area contributed by atoms with Crippen molar-refractivity contribution in [3.05, 3.63) is 60.7 Å². The number of nitrogens with zero attached hydrogens (tertiary/aromatic N) is 1. The molecule has 2 N–H and O–H groups in total. The highest BCUT2D eigenvalue weighted by Gasteiger charge is 1.89. The van der Waals surface area contributed by atoms with E-state index in [1.165, 1.54) is 0 Å². The Morgan fingerprint density at radius 1 is 1.19 bits per heavy atom. The lowest BCUT2D eigenvalue weighted by molar-refractivity contribution is 0.824. The van der Waals surface area contributed by atoms with Crippen molar-refractivity contribution < 1.29 is 5.48 Å². The lowest BCUT2D eigenvalue weighted by Crippen LogP contribution is -1.76. The van der Waals surface area contributed by atoms with Gasteiger partial charge in [0.2, 0.25) is 0 Å². The average Bonchev–Trinajstić information content (AvgIpc) is 2.29. The molecule has 1 aromatic carbocycles. The van der Waals surface area contributed by atoms with E-state index in [4.69, 9.17) is 5.26 Å². The van der Waals surface area contributed by atoms with Gasteiger partial charge in [-0.1, -0.05) is 56.2 Å². The Hall–Kier alpha value is -2.11. The minimum Gasteiger partial charge on any atom is -0.412 e. The number of benzene rings is 1. The maximum atomic E-state index is 7.79. The van der Waals surface area contributed by atoms with Crippen LogP contribution in [0.2, 0.25) is 0 Å². The second-order valence-electron chi connectivity index (χ2n) is 2.93. The summed E-state index contributed by atoms with van der Waals surface area (Å²) < 4.78 is 0. The van der Waals surface area contributed by atoms with E-state index in [0.717, 1.165) is 11.1 Å². The normalized spacial score (nSPS) is 7.25. The highest BCUT2D eigenvalue weighted by molar-refractivity contribution is 5.63. The summed E-state index contributed by atoms with van der Waals surface area (Å²) >= 11 is 0. The molecule has 0 unspecified atom stereocenters. The number of hydrogen-bond donors (Lipinski definition) is 0. The van der Waals surface area contributed by atoms with Gasteiger partial charge in [-0.05, 0) is 18.1 Å². The van der Waals surface area contributed by atoms with Gasteiger partial charge in [0.25, 0.3) is 0 Å². The van der Waals surface area contributed by atoms with Crippen molar-refractivity contribution in [3.8, 4) is 6.07 Å². The van der Waals surface area contributed by atoms with Gasteiger partial charge in [-0.2, -0.15) is 5.26 Å². The third-order valence-corrected chi connectivity index (χ3v) is 1.63. The standard InChI is InChI=1S/C10H10.C4H5N.H2O/c1-3-9-7-5-6-8-10(9)4-2;1-4(2)3-5;/h3-8H,1-2H2;1H2,2H3;1H2. The fraction of sp³-hybridized carbons (Fsp3) is 0.0714. The molecule has 2 heteroatoms. The Bertz CT molecular complexity index is 372. The van der Waals surface area contributed by atoms with E-state index < -0.39 is 0 Å². The number of allylic oxidation sites excluding steroid dienone is 1. The van der Waals surface area contributed by atoms with Crippen molar-refractivity contribution in [2.24, 2.45) is 0 Å². The van der Waals surface area contributed by atoms with Crippen molar-refractivity contribution in [1.29, 1.82) is 5.26 Å². The lowest BCUT2D eigenvalue weighted by atomic mass is 10.1. The van der Waals surface area contributed by atoms with Crippen molar-refractivity contribution >= 4 is 12.2 Å². The molecule has 0 saturated heterocycles. The first-order chi connectivity index (χ1) is 7.15. The SMILES string of the molecule is C=C(C)C#N.C=Cc1ccccc1C=C.O. The molecule has 0 atom stereocenters. The molecule has 1 aromatic rings. The van der Waals surface area contributed by atoms with Crippen molar-refractivity contribution in [3.63, 3.8) is 0 Å². The van der Waals surface area contributed by atoms with Crippen LogP contribution in [0.1, 0.15) is 18.1 Å². The first-order valence-electron chi connectivity index (χ1n) is 4.55. The van der Waals surface area contributed by atoms with Gasteiger partial charge in [-0.3, -0.25) is 0 Å². The Morgan fingerprint density at radius 2 is 1.50 bits per heavy atom. The third kappa shape index (κ3) is 6.36. The van der Waals surface area contributed by atoms with Crippen LogP contribution < -0.4 is 0 Å². The Labute approximate surface area is 97.2 Å². The molecule has 0 aliphatic carbocycles. The van der Waals surface area contributed by atoms with Gasteiger partial charge in [-0.15, -0.1) is 0 Å². The van der Waals surface area contributed by atoms with Crippen LogP contribution in [0.3, 0.4) is 0 Å². The molecule has 0 amide bonds. The first kappa shape index (κ1) is 16.3. The van der Waals surface area contributed by atoms with Crippen molar-refractivity contribution in [1.82, 2.24) is 0 Å². The van der Waals surface area contributed by atoms with Crippen molar-refractivity contribution in [2.75, 3.05) is 0 Å². The fourth-order valence-electron chi connectivity index (χ4n) is 0.883. The van der Waals surface area contributed by atoms with Crippen LogP contribution in [0.25, 0.3) is 12.2 Å². The molecular weight excluding hydrogens is 198 g/mol. The second kappa shape index (κ2) is 9.45. The summed E-state index contributed by atoms with van der Waals surface area (Å²) in [6.07, 6.45) is 3.66. The minimum atomic E-state index is 0. The van der Waals surface area contributed by atoms with Gasteiger partial charge >= 0.3 is 0 Å². The largest absolute Gasteiger partial charge is 0.412 e. The molecule has 0 fully saturated rings. The zero-order valence-corrected chi connectivity index (χ0v) is 9.53. The highest BCUT2D eigenvalue weighted by Crippen LogP contribution is 2.10.